The van der Waals surface area contributed by atoms with Crippen LogP contribution in [-0.2, 0) is 4.79 Å². The van der Waals surface area contributed by atoms with Crippen LogP contribution in [-0.4, -0.2) is 11.1 Å². The molecule has 0 heterocycles. The molecular formula is C15H11FO2. The quantitative estimate of drug-likeness (QED) is 0.835. The molecule has 0 amide bonds. The van der Waals surface area contributed by atoms with Crippen molar-refractivity contribution in [3.63, 3.8) is 0 Å². The summed E-state index contributed by atoms with van der Waals surface area (Å²) in [5.74, 6) is -1.42. The Morgan fingerprint density at radius 1 is 1.06 bits per heavy atom. The van der Waals surface area contributed by atoms with Crippen LogP contribution in [0.2, 0.25) is 0 Å². The summed E-state index contributed by atoms with van der Waals surface area (Å²) in [7, 11) is 0. The molecule has 0 fully saturated rings. The van der Waals surface area contributed by atoms with E-state index in [1.165, 1.54) is 12.1 Å². The zero-order chi connectivity index (χ0) is 13.0. The standard InChI is InChI=1S/C15H11FO2/c16-13-8-4-7-12(9-10-14(17)18)15(13)11-5-2-1-3-6-11/h1-10H,(H,17,18)/b10-9+. The molecule has 18 heavy (non-hydrogen) atoms. The van der Waals surface area contributed by atoms with Gasteiger partial charge in [0.05, 0.1) is 0 Å². The summed E-state index contributed by atoms with van der Waals surface area (Å²) in [6.45, 7) is 0. The van der Waals surface area contributed by atoms with E-state index in [0.29, 0.717) is 11.1 Å². The van der Waals surface area contributed by atoms with Crippen molar-refractivity contribution >= 4 is 12.0 Å². The predicted molar refractivity (Wildman–Crippen MR) is 68.5 cm³/mol. The number of halogens is 1. The molecule has 0 atom stereocenters. The normalized spacial score (nSPS) is 10.7. The molecule has 2 aromatic rings. The Morgan fingerprint density at radius 3 is 2.44 bits per heavy atom. The Hall–Kier alpha value is -2.42. The summed E-state index contributed by atoms with van der Waals surface area (Å²) in [5.41, 5.74) is 1.68. The van der Waals surface area contributed by atoms with Gasteiger partial charge in [0, 0.05) is 11.6 Å². The summed E-state index contributed by atoms with van der Waals surface area (Å²) >= 11 is 0. The van der Waals surface area contributed by atoms with Gasteiger partial charge in [0.15, 0.2) is 0 Å². The minimum Gasteiger partial charge on any atom is -0.478 e. The van der Waals surface area contributed by atoms with Crippen LogP contribution in [0.15, 0.2) is 54.6 Å². The molecule has 2 rings (SSSR count). The van der Waals surface area contributed by atoms with Gasteiger partial charge in [-0.25, -0.2) is 9.18 Å². The zero-order valence-corrected chi connectivity index (χ0v) is 9.51. The van der Waals surface area contributed by atoms with E-state index in [0.717, 1.165) is 11.6 Å². The second-order valence-electron chi connectivity index (χ2n) is 3.74. The van der Waals surface area contributed by atoms with Gasteiger partial charge in [0.1, 0.15) is 5.82 Å². The fourth-order valence-electron chi connectivity index (χ4n) is 1.75. The summed E-state index contributed by atoms with van der Waals surface area (Å²) in [4.78, 5) is 10.5. The third kappa shape index (κ3) is 2.63. The molecule has 1 N–H and O–H groups in total. The number of carboxylic acids is 1. The molecule has 2 aromatic carbocycles. The maximum atomic E-state index is 13.9. The molecular weight excluding hydrogens is 231 g/mol. The SMILES string of the molecule is O=C(O)/C=C/c1cccc(F)c1-c1ccccc1. The van der Waals surface area contributed by atoms with Crippen LogP contribution in [0.5, 0.6) is 0 Å². The van der Waals surface area contributed by atoms with Crippen LogP contribution in [0.4, 0.5) is 4.39 Å². The van der Waals surface area contributed by atoms with Crippen LogP contribution in [0.1, 0.15) is 5.56 Å². The summed E-state index contributed by atoms with van der Waals surface area (Å²) in [5, 5.41) is 8.63. The van der Waals surface area contributed by atoms with Gasteiger partial charge in [-0.05, 0) is 23.3 Å². The van der Waals surface area contributed by atoms with E-state index in [4.69, 9.17) is 5.11 Å². The number of hydrogen-bond acceptors (Lipinski definition) is 1. The lowest BCUT2D eigenvalue weighted by Gasteiger charge is -2.07. The van der Waals surface area contributed by atoms with Gasteiger partial charge in [-0.15, -0.1) is 0 Å². The third-order valence-corrected chi connectivity index (χ3v) is 2.51. The number of benzene rings is 2. The van der Waals surface area contributed by atoms with Crippen LogP contribution < -0.4 is 0 Å². The number of carbonyl (C=O) groups is 1. The minimum absolute atomic E-state index is 0.367. The fourth-order valence-corrected chi connectivity index (χ4v) is 1.75. The van der Waals surface area contributed by atoms with Gasteiger partial charge in [-0.2, -0.15) is 0 Å². The Kier molecular flexibility index (Phi) is 3.53. The topological polar surface area (TPSA) is 37.3 Å². The molecule has 0 aliphatic heterocycles. The lowest BCUT2D eigenvalue weighted by Crippen LogP contribution is -1.90. The molecule has 0 saturated heterocycles. The summed E-state index contributed by atoms with van der Waals surface area (Å²) in [6, 6.07) is 13.7. The second-order valence-corrected chi connectivity index (χ2v) is 3.74. The van der Waals surface area contributed by atoms with E-state index in [9.17, 15) is 9.18 Å². The van der Waals surface area contributed by atoms with Crippen molar-refractivity contribution in [1.29, 1.82) is 0 Å². The van der Waals surface area contributed by atoms with E-state index in [2.05, 4.69) is 0 Å². The average molecular weight is 242 g/mol. The van der Waals surface area contributed by atoms with Gasteiger partial charge in [-0.1, -0.05) is 42.5 Å². The number of carboxylic acid groups (broad SMARTS) is 1. The molecule has 3 heteroatoms. The van der Waals surface area contributed by atoms with E-state index in [1.54, 1.807) is 24.3 Å². The molecule has 0 saturated carbocycles. The second kappa shape index (κ2) is 5.27. The van der Waals surface area contributed by atoms with Gasteiger partial charge < -0.3 is 5.11 Å². The predicted octanol–water partition coefficient (Wildman–Crippen LogP) is 3.59. The lowest BCUT2D eigenvalue weighted by molar-refractivity contribution is -0.131. The monoisotopic (exact) mass is 242 g/mol. The highest BCUT2D eigenvalue weighted by atomic mass is 19.1. The van der Waals surface area contributed by atoms with Gasteiger partial charge >= 0.3 is 5.97 Å². The molecule has 90 valence electrons. The first kappa shape index (κ1) is 12.0. The maximum Gasteiger partial charge on any atom is 0.328 e. The highest BCUT2D eigenvalue weighted by Crippen LogP contribution is 2.27. The molecule has 0 spiro atoms. The van der Waals surface area contributed by atoms with Gasteiger partial charge in [0.2, 0.25) is 0 Å². The fraction of sp³-hybridized carbons (Fsp3) is 0. The third-order valence-electron chi connectivity index (χ3n) is 2.51. The van der Waals surface area contributed by atoms with E-state index in [-0.39, 0.29) is 5.82 Å². The first-order valence-corrected chi connectivity index (χ1v) is 5.43. The first-order chi connectivity index (χ1) is 8.68. The summed E-state index contributed by atoms with van der Waals surface area (Å²) < 4.78 is 13.9. The van der Waals surface area contributed by atoms with Crippen molar-refractivity contribution in [2.24, 2.45) is 0 Å². The van der Waals surface area contributed by atoms with E-state index >= 15 is 0 Å². The van der Waals surface area contributed by atoms with Crippen molar-refractivity contribution < 1.29 is 14.3 Å². The largest absolute Gasteiger partial charge is 0.478 e. The minimum atomic E-state index is -1.06. The van der Waals surface area contributed by atoms with Crippen molar-refractivity contribution in [3.05, 3.63) is 66.0 Å². The Labute approximate surface area is 104 Å². The molecule has 0 unspecified atom stereocenters. The van der Waals surface area contributed by atoms with Gasteiger partial charge in [-0.3, -0.25) is 0 Å². The molecule has 0 radical (unpaired) electrons. The number of hydrogen-bond donors (Lipinski definition) is 1. The highest BCUT2D eigenvalue weighted by molar-refractivity contribution is 5.87. The molecule has 2 nitrogen and oxygen atoms in total. The van der Waals surface area contributed by atoms with Crippen LogP contribution in [0, 0.1) is 5.82 Å². The number of rotatable bonds is 3. The summed E-state index contributed by atoms with van der Waals surface area (Å²) in [6.07, 6.45) is 2.40. The zero-order valence-electron chi connectivity index (χ0n) is 9.51. The van der Waals surface area contributed by atoms with Crippen molar-refractivity contribution in [1.82, 2.24) is 0 Å². The molecule has 0 aromatic heterocycles. The van der Waals surface area contributed by atoms with E-state index in [1.807, 2.05) is 18.2 Å². The molecule has 0 aliphatic rings. The maximum absolute atomic E-state index is 13.9. The van der Waals surface area contributed by atoms with Crippen molar-refractivity contribution in [3.8, 4) is 11.1 Å². The Morgan fingerprint density at radius 2 is 1.78 bits per heavy atom. The van der Waals surface area contributed by atoms with E-state index < -0.39 is 5.97 Å². The van der Waals surface area contributed by atoms with Crippen molar-refractivity contribution in [2.75, 3.05) is 0 Å². The highest BCUT2D eigenvalue weighted by Gasteiger charge is 2.08. The van der Waals surface area contributed by atoms with Gasteiger partial charge in [0.25, 0.3) is 0 Å². The number of aliphatic carboxylic acids is 1. The van der Waals surface area contributed by atoms with Crippen LogP contribution >= 0.6 is 0 Å². The van der Waals surface area contributed by atoms with Crippen LogP contribution in [0.25, 0.3) is 17.2 Å². The Balaban J connectivity index is 2.55. The first-order valence-electron chi connectivity index (χ1n) is 5.43. The smallest absolute Gasteiger partial charge is 0.328 e. The van der Waals surface area contributed by atoms with Crippen LogP contribution in [0.3, 0.4) is 0 Å². The Bertz CT molecular complexity index is 589. The average Bonchev–Trinajstić information content (AvgIpc) is 2.37. The molecule has 0 bridgehead atoms. The van der Waals surface area contributed by atoms with Crippen molar-refractivity contribution in [2.45, 2.75) is 0 Å². The lowest BCUT2D eigenvalue weighted by atomic mass is 9.99. The molecule has 0 aliphatic carbocycles.